The largest absolute Gasteiger partial charge is 0.274 e. The SMILES string of the molecule is Cc1cc(C)c(N2C(=O)[C@@H]3C4C=CC(c5ccc(Br)cc5)([C@H]3C2=O)[C@H]2C(=O)N(c3c(C)cc(C)cc3C)C(=O)[C@H]42)c(C)c1. The van der Waals surface area contributed by atoms with E-state index in [1.54, 1.807) is 0 Å². The van der Waals surface area contributed by atoms with Crippen LogP contribution in [0.2, 0.25) is 0 Å². The van der Waals surface area contributed by atoms with E-state index >= 15 is 0 Å². The average Bonchev–Trinajstić information content (AvgIpc) is 3.36. The number of nitrogens with zero attached hydrogens (tertiary/aromatic N) is 2. The molecule has 0 spiro atoms. The van der Waals surface area contributed by atoms with Crippen LogP contribution in [0, 0.1) is 71.1 Å². The number of hydrogen-bond donors (Lipinski definition) is 0. The van der Waals surface area contributed by atoms with E-state index in [0.29, 0.717) is 11.4 Å². The van der Waals surface area contributed by atoms with Crippen LogP contribution in [0.15, 0.2) is 65.2 Å². The Labute approximate surface area is 259 Å². The molecule has 0 unspecified atom stereocenters. The Morgan fingerprint density at radius 2 is 1.00 bits per heavy atom. The smallest absolute Gasteiger partial charge is 0.238 e. The van der Waals surface area contributed by atoms with Gasteiger partial charge in [-0.05, 0) is 81.5 Å². The van der Waals surface area contributed by atoms with Gasteiger partial charge in [0.15, 0.2) is 0 Å². The van der Waals surface area contributed by atoms with Crippen molar-refractivity contribution in [3.8, 4) is 0 Å². The molecule has 0 radical (unpaired) electrons. The van der Waals surface area contributed by atoms with Gasteiger partial charge in [-0.15, -0.1) is 0 Å². The van der Waals surface area contributed by atoms with Gasteiger partial charge in [-0.3, -0.25) is 19.2 Å². The summed E-state index contributed by atoms with van der Waals surface area (Å²) in [5, 5.41) is 0. The number of rotatable bonds is 3. The maximum absolute atomic E-state index is 14.7. The van der Waals surface area contributed by atoms with Crippen LogP contribution in [0.25, 0.3) is 0 Å². The number of allylic oxidation sites excluding steroid dienone is 2. The fraction of sp³-hybridized carbons (Fsp3) is 0.333. The maximum atomic E-state index is 14.7. The molecular weight excluding hydrogens is 604 g/mol. The van der Waals surface area contributed by atoms with E-state index in [2.05, 4.69) is 15.9 Å². The van der Waals surface area contributed by atoms with Crippen molar-refractivity contribution >= 4 is 50.9 Å². The van der Waals surface area contributed by atoms with Crippen molar-refractivity contribution in [3.05, 3.63) is 104 Å². The van der Waals surface area contributed by atoms with Crippen molar-refractivity contribution < 1.29 is 19.2 Å². The van der Waals surface area contributed by atoms with E-state index < -0.39 is 35.0 Å². The molecule has 1 saturated carbocycles. The van der Waals surface area contributed by atoms with Crippen LogP contribution in [0.5, 0.6) is 0 Å². The van der Waals surface area contributed by atoms with Gasteiger partial charge >= 0.3 is 0 Å². The van der Waals surface area contributed by atoms with E-state index in [1.807, 2.05) is 102 Å². The molecule has 2 aliphatic heterocycles. The highest BCUT2D eigenvalue weighted by molar-refractivity contribution is 9.10. The summed E-state index contributed by atoms with van der Waals surface area (Å²) in [6, 6.07) is 15.5. The Morgan fingerprint density at radius 1 is 0.605 bits per heavy atom. The molecule has 3 aromatic carbocycles. The lowest BCUT2D eigenvalue weighted by molar-refractivity contribution is -0.140. The number of carbonyl (C=O) groups excluding carboxylic acids is 4. The molecule has 3 aliphatic carbocycles. The van der Waals surface area contributed by atoms with Gasteiger partial charge in [0.1, 0.15) is 0 Å². The monoisotopic (exact) mass is 636 g/mol. The average molecular weight is 638 g/mol. The van der Waals surface area contributed by atoms with Crippen molar-refractivity contribution in [1.29, 1.82) is 0 Å². The first-order valence-electron chi connectivity index (χ1n) is 14.7. The summed E-state index contributed by atoms with van der Waals surface area (Å²) >= 11 is 3.52. The zero-order valence-corrected chi connectivity index (χ0v) is 26.7. The minimum Gasteiger partial charge on any atom is -0.274 e. The van der Waals surface area contributed by atoms with Crippen molar-refractivity contribution in [2.75, 3.05) is 9.80 Å². The Morgan fingerprint density at radius 3 is 1.40 bits per heavy atom. The summed E-state index contributed by atoms with van der Waals surface area (Å²) in [5.74, 6) is -4.87. The number of amides is 4. The van der Waals surface area contributed by atoms with Gasteiger partial charge in [0, 0.05) is 15.8 Å². The van der Waals surface area contributed by atoms with E-state index in [0.717, 1.165) is 43.4 Å². The van der Waals surface area contributed by atoms with Crippen LogP contribution in [-0.4, -0.2) is 23.6 Å². The normalized spacial score (nSPS) is 29.1. The van der Waals surface area contributed by atoms with Crippen LogP contribution >= 0.6 is 15.9 Å². The molecule has 3 aromatic rings. The first kappa shape index (κ1) is 28.0. The first-order valence-corrected chi connectivity index (χ1v) is 15.5. The molecule has 43 heavy (non-hydrogen) atoms. The molecule has 2 heterocycles. The van der Waals surface area contributed by atoms with E-state index in [-0.39, 0.29) is 23.6 Å². The van der Waals surface area contributed by atoms with Gasteiger partial charge in [0.25, 0.3) is 0 Å². The van der Waals surface area contributed by atoms with Gasteiger partial charge in [-0.2, -0.15) is 0 Å². The molecule has 5 aliphatic rings. The highest BCUT2D eigenvalue weighted by Gasteiger charge is 2.75. The molecule has 7 heteroatoms. The number of imide groups is 2. The second-order valence-electron chi connectivity index (χ2n) is 12.9. The summed E-state index contributed by atoms with van der Waals surface area (Å²) in [6.07, 6.45) is 3.91. The lowest BCUT2D eigenvalue weighted by Gasteiger charge is -2.53. The van der Waals surface area contributed by atoms with Crippen LogP contribution < -0.4 is 9.80 Å². The van der Waals surface area contributed by atoms with Crippen molar-refractivity contribution in [2.45, 2.75) is 47.0 Å². The third-order valence-electron chi connectivity index (χ3n) is 10.2. The third kappa shape index (κ3) is 3.57. The Hall–Kier alpha value is -3.84. The standard InChI is InChI=1S/C36H33BrN2O4/c1-17-13-19(3)30(20(4)14-17)38-32(40)26-25-11-12-36(28(26)34(38)42,23-7-9-24(37)10-8-23)29-27(25)33(41)39(35(29)43)31-21(5)15-18(2)16-22(31)6/h7-16,25-29H,1-6H3/t25?,26-,27-,28-,29-,36?/m1/s1. The minimum atomic E-state index is -1.16. The fourth-order valence-electron chi connectivity index (χ4n) is 8.98. The van der Waals surface area contributed by atoms with Gasteiger partial charge in [-0.1, -0.05) is 75.6 Å². The number of halogens is 1. The summed E-state index contributed by atoms with van der Waals surface area (Å²) in [5.41, 5.74) is 6.31. The zero-order chi connectivity index (χ0) is 30.7. The molecule has 218 valence electrons. The number of hydrogen-bond acceptors (Lipinski definition) is 4. The van der Waals surface area contributed by atoms with Crippen LogP contribution in [0.1, 0.15) is 38.9 Å². The lowest BCUT2D eigenvalue weighted by Crippen LogP contribution is -2.60. The van der Waals surface area contributed by atoms with Gasteiger partial charge in [0.05, 0.1) is 35.0 Å². The summed E-state index contributed by atoms with van der Waals surface area (Å²) in [6.45, 7) is 11.7. The van der Waals surface area contributed by atoms with Crippen LogP contribution in [-0.2, 0) is 24.6 Å². The van der Waals surface area contributed by atoms with E-state index in [4.69, 9.17) is 0 Å². The quantitative estimate of drug-likeness (QED) is 0.248. The maximum Gasteiger partial charge on any atom is 0.238 e. The Bertz CT molecular complexity index is 1680. The van der Waals surface area contributed by atoms with Gasteiger partial charge in [-0.25, -0.2) is 9.80 Å². The number of aryl methyl sites for hydroxylation is 6. The minimum absolute atomic E-state index is 0.291. The molecule has 4 atom stereocenters. The summed E-state index contributed by atoms with van der Waals surface area (Å²) in [4.78, 5) is 61.1. The second kappa shape index (κ2) is 9.33. The summed E-state index contributed by atoms with van der Waals surface area (Å²) < 4.78 is 0.858. The lowest BCUT2D eigenvalue weighted by atomic mass is 9.45. The predicted molar refractivity (Wildman–Crippen MR) is 169 cm³/mol. The van der Waals surface area contributed by atoms with Gasteiger partial charge < -0.3 is 0 Å². The van der Waals surface area contributed by atoms with Crippen LogP contribution in [0.4, 0.5) is 11.4 Å². The van der Waals surface area contributed by atoms with Crippen molar-refractivity contribution in [1.82, 2.24) is 0 Å². The van der Waals surface area contributed by atoms with Crippen LogP contribution in [0.3, 0.4) is 0 Å². The van der Waals surface area contributed by atoms with Crippen molar-refractivity contribution in [3.63, 3.8) is 0 Å². The summed E-state index contributed by atoms with van der Waals surface area (Å²) in [7, 11) is 0. The highest BCUT2D eigenvalue weighted by Crippen LogP contribution is 2.65. The molecule has 3 fully saturated rings. The topological polar surface area (TPSA) is 74.8 Å². The number of carbonyl (C=O) groups is 4. The third-order valence-corrected chi connectivity index (χ3v) is 10.7. The molecular formula is C36H33BrN2O4. The molecule has 2 saturated heterocycles. The molecule has 6 nitrogen and oxygen atoms in total. The van der Waals surface area contributed by atoms with E-state index in [9.17, 15) is 19.2 Å². The molecule has 0 N–H and O–H groups in total. The molecule has 0 aromatic heterocycles. The molecule has 8 rings (SSSR count). The molecule has 4 amide bonds. The Balaban J connectivity index is 1.45. The zero-order valence-electron chi connectivity index (χ0n) is 25.1. The first-order chi connectivity index (χ1) is 20.4. The van der Waals surface area contributed by atoms with Crippen molar-refractivity contribution in [2.24, 2.45) is 29.6 Å². The highest BCUT2D eigenvalue weighted by atomic mass is 79.9. The molecule has 2 bridgehead atoms. The predicted octanol–water partition coefficient (Wildman–Crippen LogP) is 6.35. The fourth-order valence-corrected chi connectivity index (χ4v) is 9.25. The Kier molecular flexibility index (Phi) is 6.07. The second-order valence-corrected chi connectivity index (χ2v) is 13.8. The number of benzene rings is 3. The number of anilines is 2. The van der Waals surface area contributed by atoms with Gasteiger partial charge in [0.2, 0.25) is 23.6 Å². The van der Waals surface area contributed by atoms with E-state index in [1.165, 1.54) is 9.80 Å².